The fourth-order valence-electron chi connectivity index (χ4n) is 2.13. The highest BCUT2D eigenvalue weighted by Crippen LogP contribution is 2.32. The minimum Gasteiger partial charge on any atom is -0.375 e. The molecule has 5 heteroatoms. The van der Waals surface area contributed by atoms with Crippen LogP contribution >= 0.6 is 38.9 Å². The van der Waals surface area contributed by atoms with Crippen LogP contribution in [0.3, 0.4) is 0 Å². The summed E-state index contributed by atoms with van der Waals surface area (Å²) in [4.78, 5) is 1.27. The molecule has 0 saturated carbocycles. The smallest absolute Gasteiger partial charge is 0.107 e. The van der Waals surface area contributed by atoms with Crippen molar-refractivity contribution in [3.05, 3.63) is 19.8 Å². The van der Waals surface area contributed by atoms with Crippen LogP contribution in [0.25, 0.3) is 0 Å². The lowest BCUT2D eigenvalue weighted by Crippen LogP contribution is -2.43. The van der Waals surface area contributed by atoms with Gasteiger partial charge in [0.2, 0.25) is 0 Å². The highest BCUT2D eigenvalue weighted by Gasteiger charge is 2.28. The molecular formula is C12H17BrClNOS. The van der Waals surface area contributed by atoms with Crippen LogP contribution in [0.2, 0.25) is 4.34 Å². The first-order valence-electron chi connectivity index (χ1n) is 5.77. The highest BCUT2D eigenvalue weighted by molar-refractivity contribution is 9.10. The second kappa shape index (κ2) is 5.57. The van der Waals surface area contributed by atoms with E-state index >= 15 is 0 Å². The second-order valence-electron chi connectivity index (χ2n) is 5.01. The van der Waals surface area contributed by atoms with Crippen molar-refractivity contribution in [1.29, 1.82) is 0 Å². The van der Waals surface area contributed by atoms with Gasteiger partial charge in [-0.3, -0.25) is 0 Å². The van der Waals surface area contributed by atoms with E-state index in [1.54, 1.807) is 11.3 Å². The third kappa shape index (κ3) is 3.93. The van der Waals surface area contributed by atoms with Crippen LogP contribution < -0.4 is 5.32 Å². The molecule has 0 aliphatic carbocycles. The van der Waals surface area contributed by atoms with Crippen LogP contribution in [-0.2, 0) is 11.3 Å². The van der Waals surface area contributed by atoms with Gasteiger partial charge in [0.15, 0.2) is 0 Å². The normalized spacial score (nSPS) is 23.9. The van der Waals surface area contributed by atoms with Crippen molar-refractivity contribution in [2.75, 3.05) is 6.61 Å². The molecule has 1 aromatic heterocycles. The minimum absolute atomic E-state index is 0.00357. The Hall–Kier alpha value is 0.390. The number of thiophene rings is 1. The Kier molecular flexibility index (Phi) is 4.53. The quantitative estimate of drug-likeness (QED) is 0.891. The van der Waals surface area contributed by atoms with Crippen molar-refractivity contribution >= 4 is 38.9 Å². The average molecular weight is 339 g/mol. The Balaban J connectivity index is 1.86. The molecule has 2 rings (SSSR count). The lowest BCUT2D eigenvalue weighted by atomic mass is 9.94. The number of nitrogens with one attached hydrogen (secondary N) is 1. The van der Waals surface area contributed by atoms with Gasteiger partial charge in [-0.2, -0.15) is 0 Å². The lowest BCUT2D eigenvalue weighted by molar-refractivity contribution is -0.0630. The topological polar surface area (TPSA) is 21.3 Å². The van der Waals surface area contributed by atoms with Gasteiger partial charge in [-0.05, 0) is 48.7 Å². The molecule has 96 valence electrons. The molecule has 0 radical (unpaired) electrons. The van der Waals surface area contributed by atoms with E-state index in [4.69, 9.17) is 16.3 Å². The van der Waals surface area contributed by atoms with E-state index in [2.05, 4.69) is 41.2 Å². The van der Waals surface area contributed by atoms with E-state index in [0.717, 1.165) is 34.8 Å². The predicted molar refractivity (Wildman–Crippen MR) is 76.9 cm³/mol. The molecule has 0 aromatic carbocycles. The summed E-state index contributed by atoms with van der Waals surface area (Å²) in [6.45, 7) is 6.04. The van der Waals surface area contributed by atoms with Gasteiger partial charge < -0.3 is 10.1 Å². The number of ether oxygens (including phenoxy) is 1. The number of halogens is 2. The van der Waals surface area contributed by atoms with E-state index in [1.165, 1.54) is 4.88 Å². The Labute approximate surface area is 120 Å². The van der Waals surface area contributed by atoms with Crippen molar-refractivity contribution in [2.24, 2.45) is 0 Å². The summed E-state index contributed by atoms with van der Waals surface area (Å²) in [5.41, 5.74) is 0.00357. The first-order valence-corrected chi connectivity index (χ1v) is 7.76. The van der Waals surface area contributed by atoms with Crippen LogP contribution in [0.4, 0.5) is 0 Å². The lowest BCUT2D eigenvalue weighted by Gasteiger charge is -2.35. The van der Waals surface area contributed by atoms with Gasteiger partial charge in [-0.25, -0.2) is 0 Å². The van der Waals surface area contributed by atoms with Crippen molar-refractivity contribution < 1.29 is 4.74 Å². The predicted octanol–water partition coefficient (Wildman–Crippen LogP) is 4.21. The van der Waals surface area contributed by atoms with Crippen molar-refractivity contribution in [2.45, 2.75) is 44.9 Å². The summed E-state index contributed by atoms with van der Waals surface area (Å²) in [6, 6.07) is 2.63. The van der Waals surface area contributed by atoms with Gasteiger partial charge in [-0.1, -0.05) is 11.6 Å². The second-order valence-corrected chi connectivity index (χ2v) is 7.61. The molecule has 1 atom stereocenters. The Morgan fingerprint density at radius 2 is 2.41 bits per heavy atom. The van der Waals surface area contributed by atoms with Crippen LogP contribution in [0.15, 0.2) is 10.5 Å². The van der Waals surface area contributed by atoms with Gasteiger partial charge in [0, 0.05) is 28.5 Å². The van der Waals surface area contributed by atoms with Gasteiger partial charge in [0.05, 0.1) is 5.60 Å². The molecule has 1 saturated heterocycles. The van der Waals surface area contributed by atoms with Crippen LogP contribution in [0.5, 0.6) is 0 Å². The summed E-state index contributed by atoms with van der Waals surface area (Å²) in [5.74, 6) is 0. The largest absolute Gasteiger partial charge is 0.375 e. The number of hydrogen-bond acceptors (Lipinski definition) is 3. The zero-order chi connectivity index (χ0) is 12.5. The Morgan fingerprint density at radius 3 is 3.00 bits per heavy atom. The maximum Gasteiger partial charge on any atom is 0.107 e. The summed E-state index contributed by atoms with van der Waals surface area (Å²) in [7, 11) is 0. The molecule has 2 nitrogen and oxygen atoms in total. The van der Waals surface area contributed by atoms with Crippen molar-refractivity contribution in [3.63, 3.8) is 0 Å². The molecule has 2 heterocycles. The summed E-state index contributed by atoms with van der Waals surface area (Å²) in [6.07, 6.45) is 2.15. The first kappa shape index (κ1) is 13.8. The fraction of sp³-hybridized carbons (Fsp3) is 0.667. The summed E-state index contributed by atoms with van der Waals surface area (Å²) < 4.78 is 7.53. The molecule has 0 spiro atoms. The molecule has 1 fully saturated rings. The maximum atomic E-state index is 6.02. The Bertz CT molecular complexity index is 374. The van der Waals surface area contributed by atoms with E-state index in [1.807, 2.05) is 0 Å². The molecule has 1 aromatic rings. The number of rotatable bonds is 3. The molecule has 1 N–H and O–H groups in total. The van der Waals surface area contributed by atoms with Crippen molar-refractivity contribution in [1.82, 2.24) is 5.32 Å². The van der Waals surface area contributed by atoms with E-state index in [0.29, 0.717) is 6.04 Å². The highest BCUT2D eigenvalue weighted by atomic mass is 79.9. The molecule has 0 amide bonds. The first-order chi connectivity index (χ1) is 7.96. The van der Waals surface area contributed by atoms with Gasteiger partial charge >= 0.3 is 0 Å². The molecule has 0 bridgehead atoms. The standard InChI is InChI=1S/C12H17BrClNOS/c1-12(2)6-8(3-4-16-12)15-7-9-5-10(13)11(14)17-9/h5,8,15H,3-4,6-7H2,1-2H3. The SMILES string of the molecule is CC1(C)CC(NCc2cc(Br)c(Cl)s2)CCO1. The zero-order valence-electron chi connectivity index (χ0n) is 10.1. The van der Waals surface area contributed by atoms with Crippen LogP contribution in [0.1, 0.15) is 31.6 Å². The maximum absolute atomic E-state index is 6.02. The van der Waals surface area contributed by atoms with E-state index < -0.39 is 0 Å². The summed E-state index contributed by atoms with van der Waals surface area (Å²) >= 11 is 11.1. The van der Waals surface area contributed by atoms with Gasteiger partial charge in [-0.15, -0.1) is 11.3 Å². The van der Waals surface area contributed by atoms with Crippen LogP contribution in [0, 0.1) is 0 Å². The van der Waals surface area contributed by atoms with E-state index in [-0.39, 0.29) is 5.60 Å². The van der Waals surface area contributed by atoms with E-state index in [9.17, 15) is 0 Å². The monoisotopic (exact) mass is 337 g/mol. The zero-order valence-corrected chi connectivity index (χ0v) is 13.2. The van der Waals surface area contributed by atoms with Gasteiger partial charge in [0.25, 0.3) is 0 Å². The fourth-order valence-corrected chi connectivity index (χ4v) is 3.87. The molecular weight excluding hydrogens is 322 g/mol. The number of hydrogen-bond donors (Lipinski definition) is 1. The Morgan fingerprint density at radius 1 is 1.65 bits per heavy atom. The van der Waals surface area contributed by atoms with Crippen molar-refractivity contribution in [3.8, 4) is 0 Å². The summed E-state index contributed by atoms with van der Waals surface area (Å²) in [5, 5.41) is 3.58. The minimum atomic E-state index is 0.00357. The average Bonchev–Trinajstić information content (AvgIpc) is 2.54. The molecule has 17 heavy (non-hydrogen) atoms. The molecule has 1 aliphatic heterocycles. The third-order valence-corrected chi connectivity index (χ3v) is 5.43. The van der Waals surface area contributed by atoms with Gasteiger partial charge in [0.1, 0.15) is 4.34 Å². The molecule has 1 aliphatic rings. The third-order valence-electron chi connectivity index (χ3n) is 2.96. The van der Waals surface area contributed by atoms with Crippen LogP contribution in [-0.4, -0.2) is 18.2 Å². The molecule has 1 unspecified atom stereocenters.